The molecule has 1 nitrogen and oxygen atoms in total. The van der Waals surface area contributed by atoms with Gasteiger partial charge in [0.05, 0.1) is 0 Å². The highest BCUT2D eigenvalue weighted by Gasteiger charge is 1.81. The van der Waals surface area contributed by atoms with E-state index in [9.17, 15) is 4.39 Å². The largest absolute Gasteiger partial charge is 0.399 e. The van der Waals surface area contributed by atoms with E-state index in [0.29, 0.717) is 5.70 Å². The first-order chi connectivity index (χ1) is 4.66. The van der Waals surface area contributed by atoms with Crippen molar-refractivity contribution in [2.24, 2.45) is 5.73 Å². The van der Waals surface area contributed by atoms with Gasteiger partial charge in [-0.05, 0) is 18.6 Å². The molecule has 0 atom stereocenters. The Morgan fingerprint density at radius 1 is 1.60 bits per heavy atom. The first-order valence-electron chi connectivity index (χ1n) is 3.15. The predicted molar refractivity (Wildman–Crippen MR) is 41.9 cm³/mol. The molecule has 10 heavy (non-hydrogen) atoms. The van der Waals surface area contributed by atoms with Gasteiger partial charge in [0, 0.05) is 5.70 Å². The van der Waals surface area contributed by atoms with E-state index in [1.54, 1.807) is 6.08 Å². The van der Waals surface area contributed by atoms with E-state index >= 15 is 0 Å². The van der Waals surface area contributed by atoms with Gasteiger partial charge in [0.15, 0.2) is 0 Å². The highest BCUT2D eigenvalue weighted by Crippen LogP contribution is 1.96. The van der Waals surface area contributed by atoms with E-state index < -0.39 is 5.83 Å². The van der Waals surface area contributed by atoms with Gasteiger partial charge in [-0.3, -0.25) is 0 Å². The zero-order chi connectivity index (χ0) is 7.98. The number of hydrogen-bond donors (Lipinski definition) is 1. The summed E-state index contributed by atoms with van der Waals surface area (Å²) in [6.45, 7) is 5.01. The second-order valence-corrected chi connectivity index (χ2v) is 1.89. The molecule has 0 unspecified atom stereocenters. The Morgan fingerprint density at radius 3 is 2.60 bits per heavy atom. The van der Waals surface area contributed by atoms with E-state index in [1.807, 2.05) is 6.92 Å². The fourth-order valence-corrected chi connectivity index (χ4v) is 0.490. The Morgan fingerprint density at radius 2 is 2.20 bits per heavy atom. The minimum Gasteiger partial charge on any atom is -0.399 e. The third-order valence-electron chi connectivity index (χ3n) is 0.896. The van der Waals surface area contributed by atoms with Crippen molar-refractivity contribution in [3.63, 3.8) is 0 Å². The maximum absolute atomic E-state index is 11.9. The van der Waals surface area contributed by atoms with Gasteiger partial charge >= 0.3 is 0 Å². The van der Waals surface area contributed by atoms with Crippen LogP contribution in [-0.2, 0) is 0 Å². The summed E-state index contributed by atoms with van der Waals surface area (Å²) in [6, 6.07) is 0. The third kappa shape index (κ3) is 5.09. The summed E-state index contributed by atoms with van der Waals surface area (Å²) in [6.07, 6.45) is 5.39. The van der Waals surface area contributed by atoms with Crippen molar-refractivity contribution in [2.75, 3.05) is 0 Å². The van der Waals surface area contributed by atoms with Crippen LogP contribution in [0.5, 0.6) is 0 Å². The van der Waals surface area contributed by atoms with Crippen molar-refractivity contribution in [2.45, 2.75) is 13.3 Å². The number of halogens is 1. The Kier molecular flexibility index (Phi) is 4.29. The van der Waals surface area contributed by atoms with Crippen LogP contribution in [0.2, 0.25) is 0 Å². The highest BCUT2D eigenvalue weighted by atomic mass is 19.1. The van der Waals surface area contributed by atoms with E-state index in [2.05, 4.69) is 6.58 Å². The fraction of sp³-hybridized carbons (Fsp3) is 0.250. The molecule has 2 heteroatoms. The first-order valence-corrected chi connectivity index (χ1v) is 3.15. The van der Waals surface area contributed by atoms with Crippen LogP contribution in [0.4, 0.5) is 4.39 Å². The quantitative estimate of drug-likeness (QED) is 0.599. The molecule has 0 aliphatic rings. The van der Waals surface area contributed by atoms with Crippen LogP contribution >= 0.6 is 0 Å². The van der Waals surface area contributed by atoms with Gasteiger partial charge in [0.25, 0.3) is 0 Å². The molecule has 0 heterocycles. The lowest BCUT2D eigenvalue weighted by Crippen LogP contribution is -1.91. The van der Waals surface area contributed by atoms with Crippen LogP contribution in [0.3, 0.4) is 0 Å². The molecule has 0 radical (unpaired) electrons. The number of rotatable bonds is 3. The van der Waals surface area contributed by atoms with Crippen molar-refractivity contribution in [1.82, 2.24) is 0 Å². The lowest BCUT2D eigenvalue weighted by Gasteiger charge is -1.88. The normalized spacial score (nSPS) is 12.4. The second-order valence-electron chi connectivity index (χ2n) is 1.89. The van der Waals surface area contributed by atoms with E-state index in [4.69, 9.17) is 5.73 Å². The molecule has 56 valence electrons. The maximum Gasteiger partial charge on any atom is 0.116 e. The summed E-state index contributed by atoms with van der Waals surface area (Å²) in [7, 11) is 0. The van der Waals surface area contributed by atoms with Crippen LogP contribution in [0, 0.1) is 0 Å². The lowest BCUT2D eigenvalue weighted by atomic mass is 10.3. The SMILES string of the molecule is C=C(F)/C=C\C(N)=C/CC. The molecule has 0 aromatic rings. The molecule has 2 N–H and O–H groups in total. The van der Waals surface area contributed by atoms with Gasteiger partial charge in [-0.2, -0.15) is 0 Å². The molecular weight excluding hydrogens is 129 g/mol. The van der Waals surface area contributed by atoms with Gasteiger partial charge in [0.2, 0.25) is 0 Å². The van der Waals surface area contributed by atoms with Crippen LogP contribution in [0.1, 0.15) is 13.3 Å². The Bertz CT molecular complexity index is 168. The Balaban J connectivity index is 3.89. The molecule has 0 bridgehead atoms. The molecule has 0 saturated heterocycles. The van der Waals surface area contributed by atoms with Crippen LogP contribution in [-0.4, -0.2) is 0 Å². The minimum atomic E-state index is -0.479. The standard InChI is InChI=1S/C8H12FN/c1-3-4-8(10)6-5-7(2)9/h4-6H,2-3,10H2,1H3/b6-5-,8-4+. The van der Waals surface area contributed by atoms with Crippen LogP contribution in [0.25, 0.3) is 0 Å². The highest BCUT2D eigenvalue weighted by molar-refractivity contribution is 5.20. The predicted octanol–water partition coefficient (Wildman–Crippen LogP) is 2.28. The number of allylic oxidation sites excluding steroid dienone is 4. The monoisotopic (exact) mass is 141 g/mol. The van der Waals surface area contributed by atoms with E-state index in [1.165, 1.54) is 12.2 Å². The summed E-state index contributed by atoms with van der Waals surface area (Å²) in [4.78, 5) is 0. The zero-order valence-electron chi connectivity index (χ0n) is 6.10. The van der Waals surface area contributed by atoms with Gasteiger partial charge < -0.3 is 5.73 Å². The smallest absolute Gasteiger partial charge is 0.116 e. The molecule has 0 rings (SSSR count). The lowest BCUT2D eigenvalue weighted by molar-refractivity contribution is 0.671. The first kappa shape index (κ1) is 8.95. The van der Waals surface area contributed by atoms with Gasteiger partial charge in [-0.1, -0.05) is 19.6 Å². The van der Waals surface area contributed by atoms with Crippen molar-refractivity contribution < 1.29 is 4.39 Å². The summed E-state index contributed by atoms with van der Waals surface area (Å²) in [5.41, 5.74) is 5.97. The molecule has 0 aliphatic carbocycles. The van der Waals surface area contributed by atoms with Crippen LogP contribution in [0.15, 0.2) is 36.3 Å². The van der Waals surface area contributed by atoms with E-state index in [0.717, 1.165) is 6.42 Å². The molecule has 0 saturated carbocycles. The fourth-order valence-electron chi connectivity index (χ4n) is 0.490. The van der Waals surface area contributed by atoms with Crippen LogP contribution < -0.4 is 5.73 Å². The van der Waals surface area contributed by atoms with Crippen molar-refractivity contribution in [1.29, 1.82) is 0 Å². The van der Waals surface area contributed by atoms with Gasteiger partial charge in [-0.15, -0.1) is 0 Å². The molecule has 0 amide bonds. The van der Waals surface area contributed by atoms with Crippen molar-refractivity contribution in [3.8, 4) is 0 Å². The van der Waals surface area contributed by atoms with Gasteiger partial charge in [0.1, 0.15) is 5.83 Å². The Labute approximate surface area is 60.7 Å². The molecule has 0 fully saturated rings. The molecule has 0 aromatic carbocycles. The maximum atomic E-state index is 11.9. The Hall–Kier alpha value is -1.05. The van der Waals surface area contributed by atoms with Gasteiger partial charge in [-0.25, -0.2) is 4.39 Å². The average molecular weight is 141 g/mol. The molecule has 0 aliphatic heterocycles. The average Bonchev–Trinajstić information content (AvgIpc) is 1.85. The minimum absolute atomic E-state index is 0.479. The molecule has 0 spiro atoms. The summed E-state index contributed by atoms with van der Waals surface area (Å²) < 4.78 is 11.9. The second kappa shape index (κ2) is 4.79. The third-order valence-corrected chi connectivity index (χ3v) is 0.896. The molecular formula is C8H12FN. The topological polar surface area (TPSA) is 26.0 Å². The zero-order valence-corrected chi connectivity index (χ0v) is 6.10. The summed E-state index contributed by atoms with van der Waals surface area (Å²) >= 11 is 0. The van der Waals surface area contributed by atoms with Crippen molar-refractivity contribution in [3.05, 3.63) is 36.3 Å². The molecule has 0 aromatic heterocycles. The number of nitrogens with two attached hydrogens (primary N) is 1. The summed E-state index contributed by atoms with van der Waals surface area (Å²) in [5, 5.41) is 0. The van der Waals surface area contributed by atoms with E-state index in [-0.39, 0.29) is 0 Å². The summed E-state index contributed by atoms with van der Waals surface area (Å²) in [5.74, 6) is -0.479. The van der Waals surface area contributed by atoms with Crippen molar-refractivity contribution >= 4 is 0 Å². The number of hydrogen-bond acceptors (Lipinski definition) is 1.